The molecular weight excluding hydrogens is 390 g/mol. The van der Waals surface area contributed by atoms with Crippen molar-refractivity contribution in [3.05, 3.63) is 120 Å². The van der Waals surface area contributed by atoms with Crippen molar-refractivity contribution in [3.8, 4) is 11.1 Å². The number of ketones is 1. The maximum Gasteiger partial charge on any atom is 0.195 e. The number of carbonyl (C=O) groups is 1. The average Bonchev–Trinajstić information content (AvgIpc) is 3.21. The van der Waals surface area contributed by atoms with Gasteiger partial charge in [0.15, 0.2) is 5.78 Å². The molecule has 1 heterocycles. The molecule has 0 atom stereocenters. The third-order valence-corrected chi connectivity index (χ3v) is 6.25. The van der Waals surface area contributed by atoms with E-state index in [1.807, 2.05) is 42.5 Å². The van der Waals surface area contributed by atoms with Gasteiger partial charge in [-0.05, 0) is 41.0 Å². The van der Waals surface area contributed by atoms with Gasteiger partial charge in [-0.3, -0.25) is 4.79 Å². The Hall–Kier alpha value is -4.17. The van der Waals surface area contributed by atoms with Gasteiger partial charge in [0.2, 0.25) is 0 Å². The third kappa shape index (κ3) is 2.77. The summed E-state index contributed by atoms with van der Waals surface area (Å²) < 4.78 is 0. The number of aromatic amines is 1. The second-order valence-electron chi connectivity index (χ2n) is 8.28. The van der Waals surface area contributed by atoms with Gasteiger partial charge in [-0.15, -0.1) is 0 Å². The SMILES string of the molecule is Cc1ccc2[nH]c3c(C(=O)c4ccccc4)c4ccccc4c(-c4ccccc4)c3c2c1. The van der Waals surface area contributed by atoms with E-state index in [2.05, 4.69) is 72.6 Å². The Morgan fingerprint density at radius 2 is 1.34 bits per heavy atom. The predicted octanol–water partition coefficient (Wildman–Crippen LogP) is 7.68. The van der Waals surface area contributed by atoms with E-state index in [4.69, 9.17) is 0 Å². The largest absolute Gasteiger partial charge is 0.354 e. The van der Waals surface area contributed by atoms with E-state index in [9.17, 15) is 4.79 Å². The summed E-state index contributed by atoms with van der Waals surface area (Å²) in [4.78, 5) is 17.5. The number of fused-ring (bicyclic) bond motifs is 4. The molecule has 0 aliphatic rings. The Morgan fingerprint density at radius 3 is 2.09 bits per heavy atom. The number of benzene rings is 5. The number of aryl methyl sites for hydroxylation is 1. The second kappa shape index (κ2) is 7.21. The Balaban J connectivity index is 1.86. The molecule has 2 heteroatoms. The fourth-order valence-corrected chi connectivity index (χ4v) is 4.82. The molecule has 0 saturated heterocycles. The number of carbonyl (C=O) groups excluding carboxylic acids is 1. The fourth-order valence-electron chi connectivity index (χ4n) is 4.82. The molecule has 0 unspecified atom stereocenters. The molecule has 0 aliphatic carbocycles. The lowest BCUT2D eigenvalue weighted by atomic mass is 9.87. The predicted molar refractivity (Wildman–Crippen MR) is 133 cm³/mol. The molecule has 0 aliphatic heterocycles. The van der Waals surface area contributed by atoms with Gasteiger partial charge < -0.3 is 4.98 Å². The second-order valence-corrected chi connectivity index (χ2v) is 8.28. The van der Waals surface area contributed by atoms with Crippen molar-refractivity contribution in [2.75, 3.05) is 0 Å². The van der Waals surface area contributed by atoms with Crippen LogP contribution in [0.5, 0.6) is 0 Å². The molecule has 1 aromatic heterocycles. The third-order valence-electron chi connectivity index (χ3n) is 6.25. The monoisotopic (exact) mass is 411 g/mol. The maximum absolute atomic E-state index is 13.8. The molecule has 6 aromatic rings. The van der Waals surface area contributed by atoms with Crippen LogP contribution in [0, 0.1) is 6.92 Å². The van der Waals surface area contributed by atoms with Gasteiger partial charge in [-0.1, -0.05) is 96.6 Å². The molecule has 0 radical (unpaired) electrons. The maximum atomic E-state index is 13.8. The first kappa shape index (κ1) is 18.6. The number of rotatable bonds is 3. The standard InChI is InChI=1S/C30H21NO/c1-19-16-17-25-24(18-19)27-26(20-10-4-2-5-11-20)22-14-8-9-15-23(22)28(29(27)31-25)30(32)21-12-6-3-7-13-21/h2-18,31H,1H3. The van der Waals surface area contributed by atoms with Crippen LogP contribution >= 0.6 is 0 Å². The molecule has 5 aromatic carbocycles. The molecule has 6 rings (SSSR count). The van der Waals surface area contributed by atoms with Gasteiger partial charge in [0.05, 0.1) is 11.1 Å². The molecule has 0 spiro atoms. The van der Waals surface area contributed by atoms with Gasteiger partial charge in [0, 0.05) is 21.9 Å². The van der Waals surface area contributed by atoms with Crippen LogP contribution < -0.4 is 0 Å². The highest BCUT2D eigenvalue weighted by Crippen LogP contribution is 2.43. The minimum Gasteiger partial charge on any atom is -0.354 e. The van der Waals surface area contributed by atoms with Crippen LogP contribution in [-0.2, 0) is 0 Å². The smallest absolute Gasteiger partial charge is 0.195 e. The van der Waals surface area contributed by atoms with E-state index in [1.54, 1.807) is 0 Å². The average molecular weight is 412 g/mol. The fraction of sp³-hybridized carbons (Fsp3) is 0.0333. The van der Waals surface area contributed by atoms with Crippen LogP contribution in [0.4, 0.5) is 0 Å². The summed E-state index contributed by atoms with van der Waals surface area (Å²) in [6.07, 6.45) is 0. The van der Waals surface area contributed by atoms with Crippen LogP contribution in [0.1, 0.15) is 21.5 Å². The summed E-state index contributed by atoms with van der Waals surface area (Å²) in [6.45, 7) is 2.11. The zero-order valence-corrected chi connectivity index (χ0v) is 17.7. The molecule has 0 saturated carbocycles. The first-order valence-electron chi connectivity index (χ1n) is 10.8. The van der Waals surface area contributed by atoms with Crippen molar-refractivity contribution >= 4 is 38.4 Å². The lowest BCUT2D eigenvalue weighted by Gasteiger charge is -2.15. The zero-order valence-electron chi connectivity index (χ0n) is 17.7. The first-order chi connectivity index (χ1) is 15.7. The van der Waals surface area contributed by atoms with Crippen LogP contribution in [0.3, 0.4) is 0 Å². The van der Waals surface area contributed by atoms with Crippen LogP contribution in [-0.4, -0.2) is 10.8 Å². The highest BCUT2D eigenvalue weighted by molar-refractivity contribution is 6.32. The quantitative estimate of drug-likeness (QED) is 0.298. The van der Waals surface area contributed by atoms with Crippen molar-refractivity contribution in [3.63, 3.8) is 0 Å². The van der Waals surface area contributed by atoms with Crippen molar-refractivity contribution in [1.29, 1.82) is 0 Å². The van der Waals surface area contributed by atoms with Crippen LogP contribution in [0.15, 0.2) is 103 Å². The molecule has 1 N–H and O–H groups in total. The van der Waals surface area contributed by atoms with Crippen molar-refractivity contribution in [1.82, 2.24) is 4.98 Å². The number of hydrogen-bond acceptors (Lipinski definition) is 1. The number of nitrogens with one attached hydrogen (secondary N) is 1. The summed E-state index contributed by atoms with van der Waals surface area (Å²) in [5.41, 5.74) is 6.88. The van der Waals surface area contributed by atoms with E-state index in [0.29, 0.717) is 5.56 Å². The van der Waals surface area contributed by atoms with E-state index in [0.717, 1.165) is 49.3 Å². The topological polar surface area (TPSA) is 32.9 Å². The Labute approximate surface area is 186 Å². The Kier molecular flexibility index (Phi) is 4.19. The van der Waals surface area contributed by atoms with Crippen molar-refractivity contribution in [2.24, 2.45) is 0 Å². The van der Waals surface area contributed by atoms with Gasteiger partial charge in [-0.2, -0.15) is 0 Å². The Morgan fingerprint density at radius 1 is 0.688 bits per heavy atom. The minimum atomic E-state index is 0.0367. The van der Waals surface area contributed by atoms with Gasteiger partial charge in [0.1, 0.15) is 0 Å². The summed E-state index contributed by atoms with van der Waals surface area (Å²) in [7, 11) is 0. The van der Waals surface area contributed by atoms with E-state index in [-0.39, 0.29) is 5.78 Å². The lowest BCUT2D eigenvalue weighted by Crippen LogP contribution is -2.04. The molecule has 32 heavy (non-hydrogen) atoms. The van der Waals surface area contributed by atoms with Crippen LogP contribution in [0.25, 0.3) is 43.7 Å². The highest BCUT2D eigenvalue weighted by Gasteiger charge is 2.23. The molecule has 0 amide bonds. The van der Waals surface area contributed by atoms with Crippen molar-refractivity contribution < 1.29 is 4.79 Å². The number of hydrogen-bond donors (Lipinski definition) is 1. The summed E-state index contributed by atoms with van der Waals surface area (Å²) in [5.74, 6) is 0.0367. The summed E-state index contributed by atoms with van der Waals surface area (Å²) in [5, 5.41) is 4.31. The number of H-pyrrole nitrogens is 1. The minimum absolute atomic E-state index is 0.0367. The van der Waals surface area contributed by atoms with Crippen molar-refractivity contribution in [2.45, 2.75) is 6.92 Å². The van der Waals surface area contributed by atoms with Gasteiger partial charge >= 0.3 is 0 Å². The van der Waals surface area contributed by atoms with E-state index < -0.39 is 0 Å². The van der Waals surface area contributed by atoms with E-state index in [1.165, 1.54) is 5.56 Å². The highest BCUT2D eigenvalue weighted by atomic mass is 16.1. The molecule has 152 valence electrons. The number of aromatic nitrogens is 1. The summed E-state index contributed by atoms with van der Waals surface area (Å²) in [6, 6.07) is 34.7. The molecule has 2 nitrogen and oxygen atoms in total. The molecular formula is C30H21NO. The first-order valence-corrected chi connectivity index (χ1v) is 10.8. The summed E-state index contributed by atoms with van der Waals surface area (Å²) >= 11 is 0. The zero-order chi connectivity index (χ0) is 21.7. The molecule has 0 bridgehead atoms. The normalized spacial score (nSPS) is 11.4. The van der Waals surface area contributed by atoms with E-state index >= 15 is 0 Å². The van der Waals surface area contributed by atoms with Gasteiger partial charge in [-0.25, -0.2) is 0 Å². The molecule has 0 fully saturated rings. The lowest BCUT2D eigenvalue weighted by molar-refractivity contribution is 0.104. The Bertz CT molecular complexity index is 1630. The van der Waals surface area contributed by atoms with Gasteiger partial charge in [0.25, 0.3) is 0 Å². The van der Waals surface area contributed by atoms with Crippen LogP contribution in [0.2, 0.25) is 0 Å².